The van der Waals surface area contributed by atoms with E-state index in [1.165, 1.54) is 30.1 Å². The fourth-order valence-electron chi connectivity index (χ4n) is 4.54. The van der Waals surface area contributed by atoms with Crippen molar-refractivity contribution < 1.29 is 58.9 Å². The molecule has 0 aromatic carbocycles. The van der Waals surface area contributed by atoms with Crippen LogP contribution in [0.25, 0.3) is 5.90 Å². The normalized spacial score (nSPS) is 22.6. The van der Waals surface area contributed by atoms with Gasteiger partial charge in [0.1, 0.15) is 0 Å². The first kappa shape index (κ1) is 38.9. The minimum Gasteiger partial charge on any atom is -0.553 e. The minimum absolute atomic E-state index is 0. The number of hydrogen-bond acceptors (Lipinski definition) is 5. The zero-order valence-corrected chi connectivity index (χ0v) is 27.0. The van der Waals surface area contributed by atoms with Crippen LogP contribution in [0.1, 0.15) is 87.0 Å². The number of esters is 1. The smallest absolute Gasteiger partial charge is 0.553 e. The largest absolute Gasteiger partial charge is 1.00 e. The number of carboxylic acid groups (broad SMARTS) is 1. The van der Waals surface area contributed by atoms with Crippen molar-refractivity contribution >= 4 is 11.9 Å². The van der Waals surface area contributed by atoms with Gasteiger partial charge in [-0.05, 0) is 82.0 Å². The van der Waals surface area contributed by atoms with Crippen molar-refractivity contribution in [1.29, 1.82) is 0 Å². The third-order valence-electron chi connectivity index (χ3n) is 7.96. The van der Waals surface area contributed by atoms with Crippen molar-refractivity contribution in [3.63, 3.8) is 0 Å². The molecule has 1 aliphatic heterocycles. The molecule has 0 amide bonds. The van der Waals surface area contributed by atoms with Gasteiger partial charge in [-0.15, -0.1) is 0 Å². The Morgan fingerprint density at radius 2 is 1.37 bits per heavy atom. The molecule has 0 spiro atoms. The predicted molar refractivity (Wildman–Crippen MR) is 149 cm³/mol. The minimum atomic E-state index is -0.856. The Balaban J connectivity index is 0. The van der Waals surface area contributed by atoms with Crippen LogP contribution in [0.5, 0.6) is 0 Å². The molecule has 1 fully saturated rings. The number of rotatable bonds is 7. The van der Waals surface area contributed by atoms with E-state index in [-0.39, 0.29) is 46.4 Å². The summed E-state index contributed by atoms with van der Waals surface area (Å²) >= 11 is 0. The Kier molecular flexibility index (Phi) is 21.2. The SMILES string of the molecule is C1CCOC1.CC1=CCC(C/C=C/C(=O)O)C1(C)C.CCOC(=O)/C=C/CC1CC=C(C)C1(C)C.[NH-]O.[Na+]. The van der Waals surface area contributed by atoms with Crippen LogP contribution in [-0.2, 0) is 19.1 Å². The molecule has 1 saturated heterocycles. The van der Waals surface area contributed by atoms with Crippen LogP contribution in [0.3, 0.4) is 0 Å². The summed E-state index contributed by atoms with van der Waals surface area (Å²) in [6.07, 6.45) is 17.6. The van der Waals surface area contributed by atoms with Gasteiger partial charge in [-0.3, -0.25) is 0 Å². The second-order valence-corrected chi connectivity index (χ2v) is 10.8. The van der Waals surface area contributed by atoms with Crippen molar-refractivity contribution in [2.75, 3.05) is 19.8 Å². The van der Waals surface area contributed by atoms with E-state index < -0.39 is 5.97 Å². The molecule has 0 saturated carbocycles. The van der Waals surface area contributed by atoms with E-state index in [9.17, 15) is 9.59 Å². The van der Waals surface area contributed by atoms with E-state index in [1.54, 1.807) is 12.2 Å². The molecule has 212 valence electrons. The molecule has 7 nitrogen and oxygen atoms in total. The topological polar surface area (TPSA) is 117 Å². The van der Waals surface area contributed by atoms with Gasteiger partial charge in [0.05, 0.1) is 6.61 Å². The summed E-state index contributed by atoms with van der Waals surface area (Å²) in [4.78, 5) is 21.4. The molecule has 0 aromatic heterocycles. The first-order valence-electron chi connectivity index (χ1n) is 13.3. The van der Waals surface area contributed by atoms with Gasteiger partial charge in [0, 0.05) is 25.4 Å². The average Bonchev–Trinajstić information content (AvgIpc) is 3.56. The van der Waals surface area contributed by atoms with E-state index in [2.05, 4.69) is 53.7 Å². The van der Waals surface area contributed by atoms with Crippen molar-refractivity contribution in [3.05, 3.63) is 53.5 Å². The summed E-state index contributed by atoms with van der Waals surface area (Å²) in [5.74, 6) is 4.82. The Bertz CT molecular complexity index is 802. The number of allylic oxidation sites excluding steroid dienone is 6. The van der Waals surface area contributed by atoms with Crippen LogP contribution in [0, 0.1) is 22.7 Å². The first-order chi connectivity index (χ1) is 17.4. The average molecular weight is 544 g/mol. The first-order valence-corrected chi connectivity index (χ1v) is 13.3. The van der Waals surface area contributed by atoms with Gasteiger partial charge in [-0.25, -0.2) is 9.59 Å². The fourth-order valence-corrected chi connectivity index (χ4v) is 4.54. The van der Waals surface area contributed by atoms with Crippen LogP contribution < -0.4 is 29.6 Å². The molecule has 2 unspecified atom stereocenters. The van der Waals surface area contributed by atoms with E-state index >= 15 is 0 Å². The van der Waals surface area contributed by atoms with Crippen molar-refractivity contribution in [2.24, 2.45) is 22.7 Å². The Morgan fingerprint density at radius 3 is 1.66 bits per heavy atom. The summed E-state index contributed by atoms with van der Waals surface area (Å²) in [6.45, 7) is 17.6. The molecule has 0 aromatic rings. The number of carbonyl (C=O) groups excluding carboxylic acids is 1. The summed E-state index contributed by atoms with van der Waals surface area (Å²) in [5.41, 5.74) is 3.37. The Hall–Kier alpha value is -1.22. The fraction of sp³-hybridized carbons (Fsp3) is 0.667. The van der Waals surface area contributed by atoms with Gasteiger partial charge >= 0.3 is 41.5 Å². The molecule has 3 aliphatic rings. The monoisotopic (exact) mass is 543 g/mol. The maximum Gasteiger partial charge on any atom is 1.00 e. The predicted octanol–water partition coefficient (Wildman–Crippen LogP) is 4.73. The molecule has 1 heterocycles. The Morgan fingerprint density at radius 1 is 0.947 bits per heavy atom. The summed E-state index contributed by atoms with van der Waals surface area (Å²) in [5, 5.41) is 14.7. The quantitative estimate of drug-likeness (QED) is 0.158. The second kappa shape index (κ2) is 20.7. The van der Waals surface area contributed by atoms with Crippen LogP contribution >= 0.6 is 0 Å². The Labute approximate surface area is 252 Å². The second-order valence-electron chi connectivity index (χ2n) is 10.8. The van der Waals surface area contributed by atoms with E-state index in [0.29, 0.717) is 18.4 Å². The van der Waals surface area contributed by atoms with Gasteiger partial charge in [0.2, 0.25) is 0 Å². The standard InChI is InChI=1S/C14H22O2.C12H18O2.C4H8O.H2NO.Na/c1-5-16-13(15)8-6-7-12-10-9-11(2)14(12,3)4;1-9-7-8-10(12(9,2)3)5-4-6-11(13)14;1-2-4-5-3-1;1-2;/h6,8-9,12H,5,7,10H2,1-4H3;4,6-7,10H,5,8H2,1-3H3,(H,13,14);1-4H2;1-2H;/q;;;-1;+1/b8-6+;6-4+;;;. The summed E-state index contributed by atoms with van der Waals surface area (Å²) in [7, 11) is 0. The number of nitrogens with one attached hydrogen (secondary N) is 1. The molecule has 8 heteroatoms. The van der Waals surface area contributed by atoms with Gasteiger partial charge in [-0.1, -0.05) is 63.1 Å². The van der Waals surface area contributed by atoms with Gasteiger partial charge < -0.3 is 25.7 Å². The number of ether oxygens (including phenoxy) is 2. The van der Waals surface area contributed by atoms with Gasteiger partial charge in [0.25, 0.3) is 0 Å². The van der Waals surface area contributed by atoms with Crippen LogP contribution in [0.2, 0.25) is 0 Å². The molecule has 2 aliphatic carbocycles. The molecule has 0 radical (unpaired) electrons. The summed E-state index contributed by atoms with van der Waals surface area (Å²) < 4.78 is 9.79. The van der Waals surface area contributed by atoms with Crippen molar-refractivity contribution in [3.8, 4) is 0 Å². The number of carboxylic acids is 1. The number of hydrogen-bond donors (Lipinski definition) is 2. The molecule has 0 bridgehead atoms. The maximum absolute atomic E-state index is 11.1. The molecular formula is C30H50NNaO6. The van der Waals surface area contributed by atoms with Crippen LogP contribution in [0.4, 0.5) is 0 Å². The van der Waals surface area contributed by atoms with E-state index in [4.69, 9.17) is 25.7 Å². The number of aliphatic carboxylic acids is 1. The molecule has 3 N–H and O–H groups in total. The molecule has 3 rings (SSSR count). The maximum atomic E-state index is 11.1. The molecular weight excluding hydrogens is 493 g/mol. The van der Waals surface area contributed by atoms with Crippen LogP contribution in [-0.4, -0.2) is 42.1 Å². The van der Waals surface area contributed by atoms with Gasteiger partial charge in [-0.2, -0.15) is 0 Å². The third kappa shape index (κ3) is 14.2. The van der Waals surface area contributed by atoms with E-state index in [1.807, 2.05) is 13.0 Å². The van der Waals surface area contributed by atoms with Crippen molar-refractivity contribution in [1.82, 2.24) is 0 Å². The number of carbonyl (C=O) groups is 2. The molecule has 38 heavy (non-hydrogen) atoms. The third-order valence-corrected chi connectivity index (χ3v) is 7.96. The van der Waals surface area contributed by atoms with Crippen LogP contribution in [0.15, 0.2) is 47.6 Å². The summed E-state index contributed by atoms with van der Waals surface area (Å²) in [6, 6.07) is 0. The molecule has 2 atom stereocenters. The van der Waals surface area contributed by atoms with Gasteiger partial charge in [0.15, 0.2) is 0 Å². The zero-order valence-electron chi connectivity index (χ0n) is 25.0. The van der Waals surface area contributed by atoms with Crippen molar-refractivity contribution in [2.45, 2.75) is 87.0 Å². The zero-order chi connectivity index (χ0) is 28.5. The van der Waals surface area contributed by atoms with E-state index in [0.717, 1.165) is 38.9 Å².